The van der Waals surface area contributed by atoms with Gasteiger partial charge in [0.15, 0.2) is 0 Å². The van der Waals surface area contributed by atoms with Crippen LogP contribution in [0.4, 0.5) is 11.4 Å². The van der Waals surface area contributed by atoms with Crippen LogP contribution in [-0.2, 0) is 4.79 Å². The highest BCUT2D eigenvalue weighted by Gasteiger charge is 2.05. The maximum atomic E-state index is 11.9. The number of amides is 1. The highest BCUT2D eigenvalue weighted by atomic mass is 35.5. The lowest BCUT2D eigenvalue weighted by Gasteiger charge is -2.10. The first-order valence-electron chi connectivity index (χ1n) is 6.52. The van der Waals surface area contributed by atoms with Crippen molar-refractivity contribution >= 4 is 28.9 Å². The summed E-state index contributed by atoms with van der Waals surface area (Å²) in [5.74, 6) is 0.607. The molecular formula is C16H17ClN2O2. The van der Waals surface area contributed by atoms with Crippen LogP contribution in [0.5, 0.6) is 5.75 Å². The van der Waals surface area contributed by atoms with E-state index in [2.05, 4.69) is 10.6 Å². The van der Waals surface area contributed by atoms with Gasteiger partial charge >= 0.3 is 0 Å². The Morgan fingerprint density at radius 2 is 1.90 bits per heavy atom. The molecule has 1 amide bonds. The molecule has 0 heterocycles. The molecule has 21 heavy (non-hydrogen) atoms. The van der Waals surface area contributed by atoms with Crippen LogP contribution in [0.25, 0.3) is 0 Å². The fourth-order valence-corrected chi connectivity index (χ4v) is 2.01. The molecule has 0 saturated heterocycles. The number of ether oxygens (including phenoxy) is 1. The van der Waals surface area contributed by atoms with E-state index in [1.165, 1.54) is 0 Å². The zero-order valence-corrected chi connectivity index (χ0v) is 12.7. The molecule has 2 N–H and O–H groups in total. The molecule has 2 rings (SSSR count). The average Bonchev–Trinajstić information content (AvgIpc) is 2.49. The maximum Gasteiger partial charge on any atom is 0.243 e. The van der Waals surface area contributed by atoms with Crippen LogP contribution >= 0.6 is 11.6 Å². The summed E-state index contributed by atoms with van der Waals surface area (Å²) in [6, 6.07) is 12.8. The molecule has 0 aromatic heterocycles. The summed E-state index contributed by atoms with van der Waals surface area (Å²) < 4.78 is 5.06. The van der Waals surface area contributed by atoms with Gasteiger partial charge in [-0.25, -0.2) is 0 Å². The van der Waals surface area contributed by atoms with Crippen molar-refractivity contribution < 1.29 is 9.53 Å². The maximum absolute atomic E-state index is 11.9. The van der Waals surface area contributed by atoms with E-state index >= 15 is 0 Å². The first-order chi connectivity index (χ1) is 10.1. The molecule has 0 aliphatic rings. The summed E-state index contributed by atoms with van der Waals surface area (Å²) in [5.41, 5.74) is 2.55. The van der Waals surface area contributed by atoms with Gasteiger partial charge in [0, 0.05) is 5.69 Å². The van der Waals surface area contributed by atoms with Crippen LogP contribution in [0.2, 0.25) is 5.02 Å². The largest absolute Gasteiger partial charge is 0.497 e. The number of rotatable bonds is 5. The number of aryl methyl sites for hydroxylation is 1. The Labute approximate surface area is 129 Å². The van der Waals surface area contributed by atoms with Gasteiger partial charge in [-0.1, -0.05) is 17.7 Å². The number of hydrogen-bond donors (Lipinski definition) is 2. The minimum absolute atomic E-state index is 0.141. The van der Waals surface area contributed by atoms with Crippen molar-refractivity contribution in [1.29, 1.82) is 0 Å². The first kappa shape index (κ1) is 15.2. The van der Waals surface area contributed by atoms with Crippen LogP contribution in [0.15, 0.2) is 42.5 Å². The van der Waals surface area contributed by atoms with Gasteiger partial charge in [-0.15, -0.1) is 0 Å². The molecule has 0 spiro atoms. The quantitative estimate of drug-likeness (QED) is 0.885. The topological polar surface area (TPSA) is 50.4 Å². The molecule has 0 radical (unpaired) electrons. The third-order valence-corrected chi connectivity index (χ3v) is 3.26. The van der Waals surface area contributed by atoms with Gasteiger partial charge in [0.1, 0.15) is 5.75 Å². The van der Waals surface area contributed by atoms with Crippen LogP contribution in [0, 0.1) is 6.92 Å². The third-order valence-electron chi connectivity index (χ3n) is 2.94. The highest BCUT2D eigenvalue weighted by Crippen LogP contribution is 2.22. The van der Waals surface area contributed by atoms with Crippen molar-refractivity contribution in [3.63, 3.8) is 0 Å². The summed E-state index contributed by atoms with van der Waals surface area (Å²) in [6.07, 6.45) is 0. The molecule has 110 valence electrons. The highest BCUT2D eigenvalue weighted by molar-refractivity contribution is 6.33. The van der Waals surface area contributed by atoms with Gasteiger partial charge < -0.3 is 15.4 Å². The van der Waals surface area contributed by atoms with E-state index in [0.717, 1.165) is 22.7 Å². The number of hydrogen-bond acceptors (Lipinski definition) is 3. The molecule has 0 fully saturated rings. The predicted molar refractivity (Wildman–Crippen MR) is 86.3 cm³/mol. The Kier molecular flexibility index (Phi) is 5.06. The lowest BCUT2D eigenvalue weighted by atomic mass is 10.2. The number of methoxy groups -OCH3 is 1. The number of halogens is 1. The lowest BCUT2D eigenvalue weighted by molar-refractivity contribution is -0.114. The Bertz CT molecular complexity index is 627. The molecule has 4 nitrogen and oxygen atoms in total. The Morgan fingerprint density at radius 1 is 1.19 bits per heavy atom. The second-order valence-corrected chi connectivity index (χ2v) is 5.02. The fourth-order valence-electron chi connectivity index (χ4n) is 1.83. The molecule has 0 unspecified atom stereocenters. The van der Waals surface area contributed by atoms with Crippen molar-refractivity contribution in [2.24, 2.45) is 0 Å². The monoisotopic (exact) mass is 304 g/mol. The van der Waals surface area contributed by atoms with Gasteiger partial charge in [0.25, 0.3) is 0 Å². The molecule has 0 saturated carbocycles. The first-order valence-corrected chi connectivity index (χ1v) is 6.90. The fraction of sp³-hybridized carbons (Fsp3) is 0.188. The van der Waals surface area contributed by atoms with Crippen LogP contribution in [0.1, 0.15) is 5.56 Å². The van der Waals surface area contributed by atoms with Gasteiger partial charge in [-0.3, -0.25) is 4.79 Å². The summed E-state index contributed by atoms with van der Waals surface area (Å²) >= 11 is 6.07. The van der Waals surface area contributed by atoms with Crippen molar-refractivity contribution in [3.05, 3.63) is 53.1 Å². The smallest absolute Gasteiger partial charge is 0.243 e. The van der Waals surface area contributed by atoms with Gasteiger partial charge in [0.05, 0.1) is 24.4 Å². The van der Waals surface area contributed by atoms with Crippen molar-refractivity contribution in [2.45, 2.75) is 6.92 Å². The summed E-state index contributed by atoms with van der Waals surface area (Å²) in [7, 11) is 1.60. The predicted octanol–water partition coefficient (Wildman–Crippen LogP) is 3.71. The molecule has 5 heteroatoms. The van der Waals surface area contributed by atoms with E-state index in [0.29, 0.717) is 5.02 Å². The second kappa shape index (κ2) is 6.99. The van der Waals surface area contributed by atoms with E-state index in [9.17, 15) is 4.79 Å². The number of nitrogens with one attached hydrogen (secondary N) is 2. The van der Waals surface area contributed by atoms with Crippen molar-refractivity contribution in [1.82, 2.24) is 0 Å². The number of carbonyl (C=O) groups excluding carboxylic acids is 1. The molecule has 0 bridgehead atoms. The number of anilines is 2. The summed E-state index contributed by atoms with van der Waals surface area (Å²) in [6.45, 7) is 2.12. The SMILES string of the molecule is COc1ccc(NC(=O)CNc2cc(C)ccc2Cl)cc1. The molecular weight excluding hydrogens is 288 g/mol. The summed E-state index contributed by atoms with van der Waals surface area (Å²) in [5, 5.41) is 6.42. The molecule has 2 aromatic carbocycles. The summed E-state index contributed by atoms with van der Waals surface area (Å²) in [4.78, 5) is 11.9. The van der Waals surface area contributed by atoms with Crippen LogP contribution in [0.3, 0.4) is 0 Å². The van der Waals surface area contributed by atoms with E-state index < -0.39 is 0 Å². The lowest BCUT2D eigenvalue weighted by Crippen LogP contribution is -2.21. The Hall–Kier alpha value is -2.20. The zero-order valence-electron chi connectivity index (χ0n) is 11.9. The normalized spacial score (nSPS) is 10.0. The van der Waals surface area contributed by atoms with Gasteiger partial charge in [-0.2, -0.15) is 0 Å². The average molecular weight is 305 g/mol. The number of carbonyl (C=O) groups is 1. The standard InChI is InChI=1S/C16H17ClN2O2/c1-11-3-8-14(17)15(9-11)18-10-16(20)19-12-4-6-13(21-2)7-5-12/h3-9,18H,10H2,1-2H3,(H,19,20). The second-order valence-electron chi connectivity index (χ2n) is 4.61. The third kappa shape index (κ3) is 4.39. The van der Waals surface area contributed by atoms with E-state index in [1.54, 1.807) is 37.4 Å². The van der Waals surface area contributed by atoms with Gasteiger partial charge in [-0.05, 0) is 48.9 Å². The zero-order chi connectivity index (χ0) is 15.2. The molecule has 0 aliphatic heterocycles. The minimum atomic E-state index is -0.141. The Morgan fingerprint density at radius 3 is 2.57 bits per heavy atom. The molecule has 0 atom stereocenters. The van der Waals surface area contributed by atoms with Crippen molar-refractivity contribution in [2.75, 3.05) is 24.3 Å². The van der Waals surface area contributed by atoms with E-state index in [4.69, 9.17) is 16.3 Å². The van der Waals surface area contributed by atoms with Crippen LogP contribution in [-0.4, -0.2) is 19.6 Å². The van der Waals surface area contributed by atoms with E-state index in [1.807, 2.05) is 19.1 Å². The molecule has 2 aromatic rings. The van der Waals surface area contributed by atoms with Gasteiger partial charge in [0.2, 0.25) is 5.91 Å². The number of benzene rings is 2. The molecule has 0 aliphatic carbocycles. The Balaban J connectivity index is 1.91. The minimum Gasteiger partial charge on any atom is -0.497 e. The van der Waals surface area contributed by atoms with Crippen LogP contribution < -0.4 is 15.4 Å². The van der Waals surface area contributed by atoms with Crippen molar-refractivity contribution in [3.8, 4) is 5.75 Å². The van der Waals surface area contributed by atoms with E-state index in [-0.39, 0.29) is 12.5 Å².